The number of rotatable bonds is 4. The molecule has 1 saturated carbocycles. The van der Waals surface area contributed by atoms with E-state index in [1.165, 1.54) is 12.1 Å². The lowest BCUT2D eigenvalue weighted by molar-refractivity contribution is -0.274. The standard InChI is InChI=1S/C20H20F3NO2/c21-20(22,23)26-15-9-10-16(14-7-3-1-4-8-14)17(13-15)19(18(24)25)11-5-2-6-12-19/h1,3-4,7-10,13H,2,5-6,11-12H2,(H2,24,25). The molecule has 0 bridgehead atoms. The smallest absolute Gasteiger partial charge is 0.406 e. The monoisotopic (exact) mass is 363 g/mol. The molecule has 1 aliphatic rings. The molecule has 0 unspecified atom stereocenters. The van der Waals surface area contributed by atoms with Crippen LogP contribution >= 0.6 is 0 Å². The number of carbonyl (C=O) groups excluding carboxylic acids is 1. The zero-order valence-electron chi connectivity index (χ0n) is 14.2. The molecule has 0 aromatic heterocycles. The summed E-state index contributed by atoms with van der Waals surface area (Å²) in [5.74, 6) is -0.836. The molecule has 1 aliphatic carbocycles. The highest BCUT2D eigenvalue weighted by atomic mass is 19.4. The predicted octanol–water partition coefficient (Wildman–Crippen LogP) is 4.94. The van der Waals surface area contributed by atoms with Gasteiger partial charge in [0.2, 0.25) is 5.91 Å². The van der Waals surface area contributed by atoms with Crippen molar-refractivity contribution in [3.8, 4) is 16.9 Å². The Morgan fingerprint density at radius 1 is 1.00 bits per heavy atom. The van der Waals surface area contributed by atoms with Gasteiger partial charge in [-0.3, -0.25) is 4.79 Å². The van der Waals surface area contributed by atoms with Gasteiger partial charge in [0.15, 0.2) is 0 Å². The van der Waals surface area contributed by atoms with Gasteiger partial charge >= 0.3 is 6.36 Å². The van der Waals surface area contributed by atoms with Crippen LogP contribution in [-0.4, -0.2) is 12.3 Å². The largest absolute Gasteiger partial charge is 0.573 e. The molecule has 0 atom stereocenters. The van der Waals surface area contributed by atoms with Gasteiger partial charge in [-0.25, -0.2) is 0 Å². The van der Waals surface area contributed by atoms with Crippen molar-refractivity contribution < 1.29 is 22.7 Å². The number of carbonyl (C=O) groups is 1. The number of halogens is 3. The molecule has 2 aromatic carbocycles. The third-order valence-electron chi connectivity index (χ3n) is 5.00. The Morgan fingerprint density at radius 3 is 2.23 bits per heavy atom. The van der Waals surface area contributed by atoms with Crippen molar-refractivity contribution in [2.45, 2.75) is 43.9 Å². The first-order valence-corrected chi connectivity index (χ1v) is 8.57. The minimum Gasteiger partial charge on any atom is -0.406 e. The molecular formula is C20H20F3NO2. The second-order valence-corrected chi connectivity index (χ2v) is 6.63. The summed E-state index contributed by atoms with van der Waals surface area (Å²) in [6.07, 6.45) is -1.15. The normalized spacial score (nSPS) is 16.9. The number of nitrogens with two attached hydrogens (primary N) is 1. The van der Waals surface area contributed by atoms with E-state index in [-0.39, 0.29) is 5.75 Å². The zero-order valence-corrected chi connectivity index (χ0v) is 14.2. The topological polar surface area (TPSA) is 52.3 Å². The van der Waals surface area contributed by atoms with Crippen LogP contribution in [-0.2, 0) is 10.2 Å². The molecule has 6 heteroatoms. The fourth-order valence-electron chi connectivity index (χ4n) is 3.79. The molecule has 0 aliphatic heterocycles. The van der Waals surface area contributed by atoms with E-state index in [1.54, 1.807) is 6.07 Å². The summed E-state index contributed by atoms with van der Waals surface area (Å²) in [7, 11) is 0. The van der Waals surface area contributed by atoms with Crippen LogP contribution in [0.3, 0.4) is 0 Å². The molecule has 0 spiro atoms. The van der Waals surface area contributed by atoms with Crippen molar-refractivity contribution in [1.29, 1.82) is 0 Å². The summed E-state index contributed by atoms with van der Waals surface area (Å²) in [5, 5.41) is 0. The number of primary amides is 1. The van der Waals surface area contributed by atoms with Gasteiger partial charge < -0.3 is 10.5 Å². The highest BCUT2D eigenvalue weighted by molar-refractivity contribution is 5.90. The first-order chi connectivity index (χ1) is 12.3. The van der Waals surface area contributed by atoms with Crippen LogP contribution in [0.4, 0.5) is 13.2 Å². The highest BCUT2D eigenvalue weighted by Gasteiger charge is 2.42. The Kier molecular flexibility index (Phi) is 4.94. The van der Waals surface area contributed by atoms with Crippen LogP contribution in [0.15, 0.2) is 48.5 Å². The fourth-order valence-corrected chi connectivity index (χ4v) is 3.79. The van der Waals surface area contributed by atoms with E-state index in [4.69, 9.17) is 5.73 Å². The third kappa shape index (κ3) is 3.69. The van der Waals surface area contributed by atoms with Gasteiger partial charge in [-0.1, -0.05) is 55.7 Å². The van der Waals surface area contributed by atoms with Crippen molar-refractivity contribution in [2.75, 3.05) is 0 Å². The average Bonchev–Trinajstić information content (AvgIpc) is 2.61. The fraction of sp³-hybridized carbons (Fsp3) is 0.350. The SMILES string of the molecule is NC(=O)C1(c2cc(OC(F)(F)F)ccc2-c2ccccc2)CCCCC1. The summed E-state index contributed by atoms with van der Waals surface area (Å²) in [6.45, 7) is 0. The molecule has 138 valence electrons. The van der Waals surface area contributed by atoms with Gasteiger partial charge in [0, 0.05) is 0 Å². The maximum atomic E-state index is 12.7. The Bertz CT molecular complexity index is 781. The maximum Gasteiger partial charge on any atom is 0.573 e. The molecule has 0 radical (unpaired) electrons. The van der Waals surface area contributed by atoms with Gasteiger partial charge in [-0.2, -0.15) is 0 Å². The number of alkyl halides is 3. The van der Waals surface area contributed by atoms with Crippen molar-refractivity contribution in [2.24, 2.45) is 5.73 Å². The molecule has 0 heterocycles. The summed E-state index contributed by atoms with van der Waals surface area (Å²) >= 11 is 0. The van der Waals surface area contributed by atoms with Crippen LogP contribution < -0.4 is 10.5 Å². The summed E-state index contributed by atoms with van der Waals surface area (Å²) in [6, 6.07) is 13.4. The molecule has 3 rings (SSSR count). The molecular weight excluding hydrogens is 343 g/mol. The molecule has 0 saturated heterocycles. The minimum absolute atomic E-state index is 0.335. The van der Waals surface area contributed by atoms with E-state index in [0.717, 1.165) is 24.8 Å². The molecule has 1 fully saturated rings. The highest BCUT2D eigenvalue weighted by Crippen LogP contribution is 2.45. The lowest BCUT2D eigenvalue weighted by Crippen LogP contribution is -2.43. The lowest BCUT2D eigenvalue weighted by atomic mass is 9.67. The second-order valence-electron chi connectivity index (χ2n) is 6.63. The van der Waals surface area contributed by atoms with E-state index in [2.05, 4.69) is 4.74 Å². The van der Waals surface area contributed by atoms with Crippen molar-refractivity contribution in [3.05, 3.63) is 54.1 Å². The van der Waals surface area contributed by atoms with Gasteiger partial charge in [-0.15, -0.1) is 13.2 Å². The Morgan fingerprint density at radius 2 is 1.65 bits per heavy atom. The first-order valence-electron chi connectivity index (χ1n) is 8.57. The lowest BCUT2D eigenvalue weighted by Gasteiger charge is -2.36. The van der Waals surface area contributed by atoms with E-state index >= 15 is 0 Å². The number of ether oxygens (including phenoxy) is 1. The first kappa shape index (κ1) is 18.3. The summed E-state index contributed by atoms with van der Waals surface area (Å²) in [5.41, 5.74) is 6.83. The van der Waals surface area contributed by atoms with Crippen molar-refractivity contribution in [3.63, 3.8) is 0 Å². The number of amides is 1. The van der Waals surface area contributed by atoms with E-state index in [9.17, 15) is 18.0 Å². The van der Waals surface area contributed by atoms with Crippen LogP contribution in [0.5, 0.6) is 5.75 Å². The Labute approximate surface area is 150 Å². The van der Waals surface area contributed by atoms with Gasteiger partial charge in [0.05, 0.1) is 5.41 Å². The quantitative estimate of drug-likeness (QED) is 0.836. The number of benzene rings is 2. The number of hydrogen-bond acceptors (Lipinski definition) is 2. The van der Waals surface area contributed by atoms with Crippen molar-refractivity contribution >= 4 is 5.91 Å². The van der Waals surface area contributed by atoms with Crippen LogP contribution in [0, 0.1) is 0 Å². The van der Waals surface area contributed by atoms with E-state index < -0.39 is 17.7 Å². The molecule has 26 heavy (non-hydrogen) atoms. The summed E-state index contributed by atoms with van der Waals surface area (Å²) in [4.78, 5) is 12.4. The molecule has 2 N–H and O–H groups in total. The van der Waals surface area contributed by atoms with E-state index in [1.807, 2.05) is 30.3 Å². The number of hydrogen-bond donors (Lipinski definition) is 1. The Balaban J connectivity index is 2.18. The third-order valence-corrected chi connectivity index (χ3v) is 5.00. The van der Waals surface area contributed by atoms with Crippen LogP contribution in [0.2, 0.25) is 0 Å². The molecule has 1 amide bonds. The zero-order chi connectivity index (χ0) is 18.8. The minimum atomic E-state index is -4.79. The van der Waals surface area contributed by atoms with Gasteiger partial charge in [-0.05, 0) is 41.7 Å². The predicted molar refractivity (Wildman–Crippen MR) is 92.5 cm³/mol. The molecule has 2 aromatic rings. The van der Waals surface area contributed by atoms with Crippen LogP contribution in [0.25, 0.3) is 11.1 Å². The maximum absolute atomic E-state index is 12.7. The Hall–Kier alpha value is -2.50. The van der Waals surface area contributed by atoms with Gasteiger partial charge in [0.1, 0.15) is 5.75 Å². The average molecular weight is 363 g/mol. The summed E-state index contributed by atoms with van der Waals surface area (Å²) < 4.78 is 42.1. The van der Waals surface area contributed by atoms with Crippen LogP contribution in [0.1, 0.15) is 37.7 Å². The van der Waals surface area contributed by atoms with Crippen molar-refractivity contribution in [1.82, 2.24) is 0 Å². The van der Waals surface area contributed by atoms with Gasteiger partial charge in [0.25, 0.3) is 0 Å². The second kappa shape index (κ2) is 7.02. The molecule has 3 nitrogen and oxygen atoms in total. The van der Waals surface area contributed by atoms with E-state index in [0.29, 0.717) is 24.0 Å².